The molecule has 2 aromatic carbocycles. The van der Waals surface area contributed by atoms with Crippen molar-refractivity contribution in [3.8, 4) is 22.9 Å². The number of hydrogen-bond acceptors (Lipinski definition) is 4. The van der Waals surface area contributed by atoms with E-state index in [1.807, 2.05) is 65.4 Å². The summed E-state index contributed by atoms with van der Waals surface area (Å²) in [4.78, 5) is 20.5. The van der Waals surface area contributed by atoms with Gasteiger partial charge in [0.05, 0.1) is 11.1 Å². The molecule has 0 fully saturated rings. The van der Waals surface area contributed by atoms with Gasteiger partial charge in [0, 0.05) is 47.1 Å². The van der Waals surface area contributed by atoms with Crippen LogP contribution in [0.25, 0.3) is 27.7 Å². The van der Waals surface area contributed by atoms with E-state index in [9.17, 15) is 10.1 Å². The van der Waals surface area contributed by atoms with Crippen LogP contribution in [-0.2, 0) is 0 Å². The number of pyridine rings is 2. The van der Waals surface area contributed by atoms with E-state index in [4.69, 9.17) is 0 Å². The molecule has 0 saturated carbocycles. The quantitative estimate of drug-likeness (QED) is 0.437. The van der Waals surface area contributed by atoms with Crippen molar-refractivity contribution in [3.63, 3.8) is 0 Å². The number of fused-ring (bicyclic) bond motifs is 1. The summed E-state index contributed by atoms with van der Waals surface area (Å²) >= 11 is 0. The fraction of sp³-hybridized carbons (Fsp3) is 0. The number of nitriles is 1. The SMILES string of the molecule is N#Cc1cc2cc(-c3cccnc3)ccc2n1-c1ccc(NC(=O)c2cccnc2)cc1. The molecule has 6 heteroatoms. The van der Waals surface area contributed by atoms with Crippen molar-refractivity contribution in [1.29, 1.82) is 5.26 Å². The summed E-state index contributed by atoms with van der Waals surface area (Å²) in [6, 6.07) is 25.0. The van der Waals surface area contributed by atoms with Gasteiger partial charge in [0.25, 0.3) is 5.91 Å². The summed E-state index contributed by atoms with van der Waals surface area (Å²) in [6.07, 6.45) is 6.71. The van der Waals surface area contributed by atoms with Crippen molar-refractivity contribution in [2.45, 2.75) is 0 Å². The van der Waals surface area contributed by atoms with Crippen molar-refractivity contribution in [1.82, 2.24) is 14.5 Å². The topological polar surface area (TPSA) is 83.6 Å². The first-order valence-corrected chi connectivity index (χ1v) is 10.0. The minimum absolute atomic E-state index is 0.224. The number of carbonyl (C=O) groups is 1. The molecule has 1 N–H and O–H groups in total. The van der Waals surface area contributed by atoms with Crippen LogP contribution in [0.5, 0.6) is 0 Å². The highest BCUT2D eigenvalue weighted by molar-refractivity contribution is 6.04. The van der Waals surface area contributed by atoms with Crippen molar-refractivity contribution < 1.29 is 4.79 Å². The molecule has 0 saturated heterocycles. The Bertz CT molecular complexity index is 1450. The summed E-state index contributed by atoms with van der Waals surface area (Å²) in [5.41, 5.74) is 5.53. The molecule has 5 rings (SSSR count). The minimum Gasteiger partial charge on any atom is -0.322 e. The van der Waals surface area contributed by atoms with Crippen LogP contribution < -0.4 is 5.32 Å². The second-order valence-corrected chi connectivity index (χ2v) is 7.23. The first kappa shape index (κ1) is 19.2. The van der Waals surface area contributed by atoms with Crippen LogP contribution >= 0.6 is 0 Å². The number of aromatic nitrogens is 3. The molecule has 0 radical (unpaired) electrons. The van der Waals surface area contributed by atoms with Crippen molar-refractivity contribution >= 4 is 22.5 Å². The fourth-order valence-corrected chi connectivity index (χ4v) is 3.68. The van der Waals surface area contributed by atoms with Crippen LogP contribution in [0.1, 0.15) is 16.1 Å². The highest BCUT2D eigenvalue weighted by atomic mass is 16.1. The number of nitrogens with one attached hydrogen (secondary N) is 1. The van der Waals surface area contributed by atoms with Gasteiger partial charge in [0.15, 0.2) is 0 Å². The van der Waals surface area contributed by atoms with Crippen LogP contribution in [0.2, 0.25) is 0 Å². The lowest BCUT2D eigenvalue weighted by Crippen LogP contribution is -2.12. The third kappa shape index (κ3) is 3.59. The molecule has 5 aromatic rings. The molecule has 32 heavy (non-hydrogen) atoms. The lowest BCUT2D eigenvalue weighted by Gasteiger charge is -2.10. The van der Waals surface area contributed by atoms with Crippen LogP contribution in [-0.4, -0.2) is 20.4 Å². The molecule has 0 aliphatic carbocycles. The Kier molecular flexibility index (Phi) is 4.91. The van der Waals surface area contributed by atoms with E-state index in [1.54, 1.807) is 24.5 Å². The summed E-state index contributed by atoms with van der Waals surface area (Å²) in [5, 5.41) is 13.6. The van der Waals surface area contributed by atoms with Gasteiger partial charge in [0.1, 0.15) is 11.8 Å². The third-order valence-electron chi connectivity index (χ3n) is 5.22. The van der Waals surface area contributed by atoms with Crippen LogP contribution in [0.4, 0.5) is 5.69 Å². The number of carbonyl (C=O) groups excluding carboxylic acids is 1. The number of hydrogen-bond donors (Lipinski definition) is 1. The van der Waals surface area contributed by atoms with E-state index in [1.165, 1.54) is 6.20 Å². The van der Waals surface area contributed by atoms with Gasteiger partial charge in [-0.25, -0.2) is 0 Å². The highest BCUT2D eigenvalue weighted by Gasteiger charge is 2.12. The van der Waals surface area contributed by atoms with E-state index in [0.29, 0.717) is 16.9 Å². The van der Waals surface area contributed by atoms with Gasteiger partial charge in [-0.05, 0) is 66.2 Å². The third-order valence-corrected chi connectivity index (χ3v) is 5.22. The predicted molar refractivity (Wildman–Crippen MR) is 123 cm³/mol. The van der Waals surface area contributed by atoms with Crippen molar-refractivity contribution in [2.75, 3.05) is 5.32 Å². The molecule has 0 atom stereocenters. The van der Waals surface area contributed by atoms with E-state index < -0.39 is 0 Å². The average Bonchev–Trinajstić information content (AvgIpc) is 3.23. The van der Waals surface area contributed by atoms with Gasteiger partial charge in [0.2, 0.25) is 0 Å². The van der Waals surface area contributed by atoms with Crippen molar-refractivity contribution in [3.05, 3.63) is 109 Å². The molecular formula is C26H17N5O. The zero-order chi connectivity index (χ0) is 21.9. The van der Waals surface area contributed by atoms with Gasteiger partial charge >= 0.3 is 0 Å². The second kappa shape index (κ2) is 8.17. The van der Waals surface area contributed by atoms with Crippen molar-refractivity contribution in [2.24, 2.45) is 0 Å². The minimum atomic E-state index is -0.224. The first-order valence-electron chi connectivity index (χ1n) is 10.0. The number of anilines is 1. The predicted octanol–water partition coefficient (Wildman–Crippen LogP) is 5.21. The smallest absolute Gasteiger partial charge is 0.257 e. The van der Waals surface area contributed by atoms with E-state index in [0.717, 1.165) is 27.7 Å². The molecule has 0 spiro atoms. The molecule has 3 heterocycles. The Morgan fingerprint density at radius 3 is 2.34 bits per heavy atom. The molecule has 0 unspecified atom stereocenters. The Balaban J connectivity index is 1.47. The summed E-state index contributed by atoms with van der Waals surface area (Å²) in [6.45, 7) is 0. The summed E-state index contributed by atoms with van der Waals surface area (Å²) < 4.78 is 1.91. The lowest BCUT2D eigenvalue weighted by atomic mass is 10.1. The van der Waals surface area contributed by atoms with Gasteiger partial charge in [-0.1, -0.05) is 12.1 Å². The molecule has 152 valence electrons. The molecular weight excluding hydrogens is 398 g/mol. The summed E-state index contributed by atoms with van der Waals surface area (Å²) in [5.74, 6) is -0.224. The zero-order valence-corrected chi connectivity index (χ0v) is 16.9. The maximum Gasteiger partial charge on any atom is 0.257 e. The molecule has 0 aliphatic heterocycles. The zero-order valence-electron chi connectivity index (χ0n) is 16.9. The van der Waals surface area contributed by atoms with Crippen LogP contribution in [0, 0.1) is 11.3 Å². The Hall–Kier alpha value is -4.76. The largest absolute Gasteiger partial charge is 0.322 e. The normalized spacial score (nSPS) is 10.6. The molecule has 0 aliphatic rings. The Morgan fingerprint density at radius 2 is 1.66 bits per heavy atom. The van der Waals surface area contributed by atoms with Gasteiger partial charge in [-0.3, -0.25) is 14.8 Å². The highest BCUT2D eigenvalue weighted by Crippen LogP contribution is 2.29. The number of benzene rings is 2. The van der Waals surface area contributed by atoms with Gasteiger partial charge < -0.3 is 9.88 Å². The lowest BCUT2D eigenvalue weighted by molar-refractivity contribution is 0.102. The fourth-order valence-electron chi connectivity index (χ4n) is 3.68. The molecule has 0 bridgehead atoms. The number of amides is 1. The van der Waals surface area contributed by atoms with Gasteiger partial charge in [-0.15, -0.1) is 0 Å². The molecule has 1 amide bonds. The first-order chi connectivity index (χ1) is 15.7. The second-order valence-electron chi connectivity index (χ2n) is 7.23. The summed E-state index contributed by atoms with van der Waals surface area (Å²) in [7, 11) is 0. The number of nitrogens with zero attached hydrogens (tertiary/aromatic N) is 4. The molecule has 3 aromatic heterocycles. The molecule has 6 nitrogen and oxygen atoms in total. The average molecular weight is 415 g/mol. The monoisotopic (exact) mass is 415 g/mol. The Labute approximate surface area is 184 Å². The standard InChI is InChI=1S/C26H17N5O/c27-15-24-14-21-13-18(19-3-1-11-28-16-19)5-10-25(21)31(24)23-8-6-22(7-9-23)30-26(32)20-4-2-12-29-17-20/h1-14,16-17H,(H,30,32). The van der Waals surface area contributed by atoms with E-state index >= 15 is 0 Å². The maximum atomic E-state index is 12.3. The van der Waals surface area contributed by atoms with E-state index in [2.05, 4.69) is 27.4 Å². The van der Waals surface area contributed by atoms with Gasteiger partial charge in [-0.2, -0.15) is 5.26 Å². The van der Waals surface area contributed by atoms with E-state index in [-0.39, 0.29) is 5.91 Å². The van der Waals surface area contributed by atoms with Crippen LogP contribution in [0.15, 0.2) is 97.6 Å². The maximum absolute atomic E-state index is 12.3. The van der Waals surface area contributed by atoms with Crippen LogP contribution in [0.3, 0.4) is 0 Å². The number of rotatable bonds is 4. The Morgan fingerprint density at radius 1 is 0.875 bits per heavy atom.